The van der Waals surface area contributed by atoms with Gasteiger partial charge in [0.2, 0.25) is 0 Å². The van der Waals surface area contributed by atoms with E-state index in [4.69, 9.17) is 29.6 Å². The summed E-state index contributed by atoms with van der Waals surface area (Å²) in [4.78, 5) is 13.1. The fraction of sp³-hybridized carbons (Fsp3) is 0.158. The lowest BCUT2D eigenvalue weighted by atomic mass is 9.92. The van der Waals surface area contributed by atoms with E-state index in [1.165, 1.54) is 5.01 Å². The molecule has 0 aromatic heterocycles. The summed E-state index contributed by atoms with van der Waals surface area (Å²) < 4.78 is 0. The Labute approximate surface area is 167 Å². The van der Waals surface area contributed by atoms with Crippen molar-refractivity contribution in [2.45, 2.75) is 13.8 Å². The summed E-state index contributed by atoms with van der Waals surface area (Å²) in [5.41, 5.74) is 11.7. The van der Waals surface area contributed by atoms with Crippen LogP contribution < -0.4 is 16.2 Å². The van der Waals surface area contributed by atoms with Gasteiger partial charge >= 0.3 is 0 Å². The zero-order valence-corrected chi connectivity index (χ0v) is 16.4. The second-order valence-electron chi connectivity index (χ2n) is 6.14. The molecule has 0 saturated carbocycles. The second kappa shape index (κ2) is 7.85. The average molecular weight is 400 g/mol. The standard InChI is InChI=1S/C19H18ClN5OS/c1-11-6-8-13(9-7-11)17(22-23-19(21)27)16-12(2)24-25(18(16)26)15-5-3-4-14(20)10-15/h3-10,16H,1-2H3,(H3,21,23,27)/b22-17+. The quantitative estimate of drug-likeness (QED) is 0.469. The van der Waals surface area contributed by atoms with E-state index in [1.54, 1.807) is 31.2 Å². The number of hydrazone groups is 2. The van der Waals surface area contributed by atoms with Gasteiger partial charge in [-0.2, -0.15) is 15.2 Å². The Morgan fingerprint density at radius 3 is 2.59 bits per heavy atom. The highest BCUT2D eigenvalue weighted by Gasteiger charge is 2.39. The third-order valence-electron chi connectivity index (χ3n) is 4.09. The number of rotatable bonds is 4. The first-order valence-electron chi connectivity index (χ1n) is 8.21. The highest BCUT2D eigenvalue weighted by Crippen LogP contribution is 2.28. The van der Waals surface area contributed by atoms with Crippen molar-refractivity contribution >= 4 is 51.9 Å². The fourth-order valence-corrected chi connectivity index (χ4v) is 3.04. The van der Waals surface area contributed by atoms with Crippen LogP contribution in [0, 0.1) is 12.8 Å². The van der Waals surface area contributed by atoms with Crippen LogP contribution in [0.4, 0.5) is 5.69 Å². The van der Waals surface area contributed by atoms with E-state index in [-0.39, 0.29) is 11.0 Å². The highest BCUT2D eigenvalue weighted by atomic mass is 35.5. The monoisotopic (exact) mass is 399 g/mol. The van der Waals surface area contributed by atoms with Gasteiger partial charge < -0.3 is 5.73 Å². The van der Waals surface area contributed by atoms with Gasteiger partial charge in [-0.1, -0.05) is 47.5 Å². The second-order valence-corrected chi connectivity index (χ2v) is 7.02. The maximum atomic E-state index is 13.1. The van der Waals surface area contributed by atoms with E-state index in [0.29, 0.717) is 22.1 Å². The molecule has 27 heavy (non-hydrogen) atoms. The molecule has 0 spiro atoms. The number of thiocarbonyl (C=S) groups is 1. The molecule has 0 saturated heterocycles. The van der Waals surface area contributed by atoms with Gasteiger partial charge in [0.15, 0.2) is 5.11 Å². The lowest BCUT2D eigenvalue weighted by Gasteiger charge is -2.17. The van der Waals surface area contributed by atoms with Gasteiger partial charge in [0, 0.05) is 5.02 Å². The summed E-state index contributed by atoms with van der Waals surface area (Å²) in [6.45, 7) is 3.78. The maximum Gasteiger partial charge on any atom is 0.262 e. The fourth-order valence-electron chi connectivity index (χ4n) is 2.81. The predicted octanol–water partition coefficient (Wildman–Crippen LogP) is 3.22. The van der Waals surface area contributed by atoms with Gasteiger partial charge in [-0.3, -0.25) is 10.2 Å². The van der Waals surface area contributed by atoms with Crippen LogP contribution in [0.2, 0.25) is 5.02 Å². The van der Waals surface area contributed by atoms with Crippen molar-refractivity contribution in [1.82, 2.24) is 5.43 Å². The van der Waals surface area contributed by atoms with Crippen molar-refractivity contribution in [3.05, 3.63) is 64.7 Å². The van der Waals surface area contributed by atoms with E-state index < -0.39 is 5.92 Å². The Balaban J connectivity index is 2.01. The molecule has 0 bridgehead atoms. The van der Waals surface area contributed by atoms with Gasteiger partial charge in [-0.25, -0.2) is 0 Å². The van der Waals surface area contributed by atoms with Gasteiger partial charge in [0.05, 0.1) is 17.1 Å². The first-order valence-corrected chi connectivity index (χ1v) is 9.00. The number of carbonyl (C=O) groups excluding carboxylic acids is 1. The number of nitrogens with one attached hydrogen (secondary N) is 1. The molecule has 1 amide bonds. The van der Waals surface area contributed by atoms with Gasteiger partial charge in [0.1, 0.15) is 5.92 Å². The van der Waals surface area contributed by atoms with Crippen LogP contribution in [0.5, 0.6) is 0 Å². The van der Waals surface area contributed by atoms with Gasteiger partial charge in [-0.05, 0) is 49.8 Å². The molecule has 1 atom stereocenters. The Morgan fingerprint density at radius 2 is 1.96 bits per heavy atom. The number of carbonyl (C=O) groups is 1. The van der Waals surface area contributed by atoms with Crippen LogP contribution in [0.25, 0.3) is 0 Å². The van der Waals surface area contributed by atoms with Crippen molar-refractivity contribution in [3.8, 4) is 0 Å². The lowest BCUT2D eigenvalue weighted by molar-refractivity contribution is -0.118. The van der Waals surface area contributed by atoms with Crippen LogP contribution in [-0.4, -0.2) is 22.4 Å². The zero-order valence-electron chi connectivity index (χ0n) is 14.8. The molecule has 6 nitrogen and oxygen atoms in total. The number of amides is 1. The minimum absolute atomic E-state index is 0.0198. The molecule has 8 heteroatoms. The largest absolute Gasteiger partial charge is 0.375 e. The first-order chi connectivity index (χ1) is 12.9. The Bertz CT molecular complexity index is 955. The van der Waals surface area contributed by atoms with E-state index in [2.05, 4.69) is 15.6 Å². The molecule has 1 aliphatic rings. The minimum atomic E-state index is -0.659. The Kier molecular flexibility index (Phi) is 5.53. The summed E-state index contributed by atoms with van der Waals surface area (Å²) in [6, 6.07) is 14.7. The summed E-state index contributed by atoms with van der Waals surface area (Å²) in [5.74, 6) is -0.882. The average Bonchev–Trinajstić information content (AvgIpc) is 2.91. The number of hydrogen-bond donors (Lipinski definition) is 2. The molecule has 0 fully saturated rings. The molecule has 1 aliphatic heterocycles. The topological polar surface area (TPSA) is 83.1 Å². The third kappa shape index (κ3) is 4.15. The molecule has 3 rings (SSSR count). The number of aryl methyl sites for hydroxylation is 1. The Hall–Kier alpha value is -2.77. The smallest absolute Gasteiger partial charge is 0.262 e. The molecule has 3 N–H and O–H groups in total. The van der Waals surface area contributed by atoms with E-state index in [9.17, 15) is 4.79 Å². The SMILES string of the molecule is CC1=NN(c2cccc(Cl)c2)C(=O)C1/C(=N/NC(N)=S)c1ccc(C)cc1. The van der Waals surface area contributed by atoms with Crippen LogP contribution >= 0.6 is 23.8 Å². The minimum Gasteiger partial charge on any atom is -0.375 e. The summed E-state index contributed by atoms with van der Waals surface area (Å²) in [7, 11) is 0. The van der Waals surface area contributed by atoms with Crippen molar-refractivity contribution in [3.63, 3.8) is 0 Å². The van der Waals surface area contributed by atoms with Gasteiger partial charge in [-0.15, -0.1) is 0 Å². The third-order valence-corrected chi connectivity index (χ3v) is 4.42. The number of nitrogens with zero attached hydrogens (tertiary/aromatic N) is 3. The van der Waals surface area contributed by atoms with Crippen LogP contribution in [0.3, 0.4) is 0 Å². The number of hydrogen-bond acceptors (Lipinski definition) is 4. The molecular formula is C19H18ClN5OS. The lowest BCUT2D eigenvalue weighted by Crippen LogP contribution is -2.35. The van der Waals surface area contributed by atoms with E-state index in [1.807, 2.05) is 31.2 Å². The number of nitrogens with two attached hydrogens (primary N) is 1. The van der Waals surface area contributed by atoms with Crippen LogP contribution in [0.1, 0.15) is 18.1 Å². The summed E-state index contributed by atoms with van der Waals surface area (Å²) in [5, 5.41) is 10.6. The molecule has 2 aromatic rings. The number of halogens is 1. The highest BCUT2D eigenvalue weighted by molar-refractivity contribution is 7.80. The molecule has 1 heterocycles. The molecule has 2 aromatic carbocycles. The maximum absolute atomic E-state index is 13.1. The first kappa shape index (κ1) is 19.0. The van der Waals surface area contributed by atoms with Crippen LogP contribution in [-0.2, 0) is 4.79 Å². The normalized spacial score (nSPS) is 17.1. The van der Waals surface area contributed by atoms with Crippen molar-refractivity contribution in [1.29, 1.82) is 0 Å². The molecule has 138 valence electrons. The Morgan fingerprint density at radius 1 is 1.26 bits per heavy atom. The molecular weight excluding hydrogens is 382 g/mol. The molecule has 0 aliphatic carbocycles. The number of anilines is 1. The van der Waals surface area contributed by atoms with Gasteiger partial charge in [0.25, 0.3) is 5.91 Å². The zero-order chi connectivity index (χ0) is 19.6. The van der Waals surface area contributed by atoms with E-state index >= 15 is 0 Å². The summed E-state index contributed by atoms with van der Waals surface area (Å²) >= 11 is 10.9. The molecule has 1 unspecified atom stereocenters. The van der Waals surface area contributed by atoms with Crippen molar-refractivity contribution in [2.75, 3.05) is 5.01 Å². The van der Waals surface area contributed by atoms with Crippen molar-refractivity contribution < 1.29 is 4.79 Å². The summed E-state index contributed by atoms with van der Waals surface area (Å²) in [6.07, 6.45) is 0. The van der Waals surface area contributed by atoms with Crippen LogP contribution in [0.15, 0.2) is 58.7 Å². The molecule has 0 radical (unpaired) electrons. The van der Waals surface area contributed by atoms with Crippen molar-refractivity contribution in [2.24, 2.45) is 21.9 Å². The number of benzene rings is 2. The predicted molar refractivity (Wildman–Crippen MR) is 113 cm³/mol. The van der Waals surface area contributed by atoms with E-state index in [0.717, 1.165) is 11.1 Å².